The normalized spacial score (nSPS) is 11.3. The fourth-order valence-electron chi connectivity index (χ4n) is 2.82. The van der Waals surface area contributed by atoms with Crippen molar-refractivity contribution < 1.29 is 14.3 Å². The summed E-state index contributed by atoms with van der Waals surface area (Å²) in [6.45, 7) is 14.9. The van der Waals surface area contributed by atoms with E-state index >= 15 is 0 Å². The van der Waals surface area contributed by atoms with Gasteiger partial charge in [0.1, 0.15) is 0 Å². The van der Waals surface area contributed by atoms with E-state index in [1.165, 1.54) is 0 Å². The second-order valence-electron chi connectivity index (χ2n) is 6.75. The Balaban J connectivity index is 2.82. The minimum atomic E-state index is -0.164. The maximum Gasteiger partial charge on any atom is 0.251 e. The Bertz CT molecular complexity index is 568. The summed E-state index contributed by atoms with van der Waals surface area (Å²) in [7, 11) is 0. The molecule has 0 aliphatic carbocycles. The summed E-state index contributed by atoms with van der Waals surface area (Å²) in [5.74, 6) is 0.838. The average molecular weight is 385 g/mol. The van der Waals surface area contributed by atoms with Crippen LogP contribution >= 0.6 is 11.6 Å². The van der Waals surface area contributed by atoms with Gasteiger partial charge in [-0.05, 0) is 53.2 Å². The highest BCUT2D eigenvalue weighted by molar-refractivity contribution is 6.32. The van der Waals surface area contributed by atoms with Gasteiger partial charge in [-0.25, -0.2) is 0 Å². The van der Waals surface area contributed by atoms with E-state index in [0.717, 1.165) is 13.0 Å². The maximum atomic E-state index is 12.5. The fraction of sp³-hybridized carbons (Fsp3) is 0.650. The summed E-state index contributed by atoms with van der Waals surface area (Å²) >= 11 is 6.32. The second kappa shape index (κ2) is 11.3. The summed E-state index contributed by atoms with van der Waals surface area (Å²) in [6.07, 6.45) is 0.867. The lowest BCUT2D eigenvalue weighted by atomic mass is 10.2. The Labute approximate surface area is 163 Å². The van der Waals surface area contributed by atoms with Gasteiger partial charge in [-0.2, -0.15) is 0 Å². The van der Waals surface area contributed by atoms with Crippen molar-refractivity contribution in [3.8, 4) is 11.5 Å². The standard InChI is InChI=1S/C20H33ClN2O3/c1-7-11-26-19-17(21)12-16(13-18(19)25-8-2)20(24)22-9-10-23(14(3)4)15(5)6/h12-15H,7-11H2,1-6H3,(H,22,24). The van der Waals surface area contributed by atoms with Gasteiger partial charge in [-0.3, -0.25) is 9.69 Å². The Morgan fingerprint density at radius 1 is 1.15 bits per heavy atom. The van der Waals surface area contributed by atoms with Crippen molar-refractivity contribution >= 4 is 17.5 Å². The number of ether oxygens (including phenoxy) is 2. The predicted octanol–water partition coefficient (Wildman–Crippen LogP) is 4.38. The Hall–Kier alpha value is -1.46. The van der Waals surface area contributed by atoms with Crippen LogP contribution in [-0.2, 0) is 0 Å². The van der Waals surface area contributed by atoms with Gasteiger partial charge in [0.05, 0.1) is 18.2 Å². The van der Waals surface area contributed by atoms with Gasteiger partial charge in [0.15, 0.2) is 11.5 Å². The van der Waals surface area contributed by atoms with Gasteiger partial charge in [-0.15, -0.1) is 0 Å². The van der Waals surface area contributed by atoms with Crippen LogP contribution in [0.1, 0.15) is 58.3 Å². The van der Waals surface area contributed by atoms with Crippen LogP contribution in [0.25, 0.3) is 0 Å². The number of carbonyl (C=O) groups excluding carboxylic acids is 1. The molecule has 0 saturated carbocycles. The zero-order valence-corrected chi connectivity index (χ0v) is 17.7. The van der Waals surface area contributed by atoms with Gasteiger partial charge >= 0.3 is 0 Å². The number of benzene rings is 1. The molecule has 1 aromatic rings. The number of amides is 1. The van der Waals surface area contributed by atoms with Gasteiger partial charge < -0.3 is 14.8 Å². The molecule has 0 spiro atoms. The molecule has 0 fully saturated rings. The summed E-state index contributed by atoms with van der Waals surface area (Å²) < 4.78 is 11.3. The van der Waals surface area contributed by atoms with Crippen LogP contribution < -0.4 is 14.8 Å². The highest BCUT2D eigenvalue weighted by atomic mass is 35.5. The molecule has 0 unspecified atom stereocenters. The number of hydrogen-bond donors (Lipinski definition) is 1. The lowest BCUT2D eigenvalue weighted by Gasteiger charge is -2.30. The largest absolute Gasteiger partial charge is 0.490 e. The predicted molar refractivity (Wildman–Crippen MR) is 108 cm³/mol. The molecule has 0 radical (unpaired) electrons. The third kappa shape index (κ3) is 6.69. The smallest absolute Gasteiger partial charge is 0.251 e. The highest BCUT2D eigenvalue weighted by Gasteiger charge is 2.17. The van der Waals surface area contributed by atoms with Crippen molar-refractivity contribution in [2.45, 2.75) is 60.0 Å². The molecule has 0 heterocycles. The molecule has 5 nitrogen and oxygen atoms in total. The lowest BCUT2D eigenvalue weighted by Crippen LogP contribution is -2.42. The van der Waals surface area contributed by atoms with E-state index in [0.29, 0.717) is 53.9 Å². The topological polar surface area (TPSA) is 50.8 Å². The van der Waals surface area contributed by atoms with Crippen molar-refractivity contribution in [2.24, 2.45) is 0 Å². The molecule has 26 heavy (non-hydrogen) atoms. The monoisotopic (exact) mass is 384 g/mol. The molecule has 1 N–H and O–H groups in total. The average Bonchev–Trinajstić information content (AvgIpc) is 2.57. The third-order valence-electron chi connectivity index (χ3n) is 4.00. The van der Waals surface area contributed by atoms with E-state index in [4.69, 9.17) is 21.1 Å². The van der Waals surface area contributed by atoms with Crippen LogP contribution in [0, 0.1) is 0 Å². The second-order valence-corrected chi connectivity index (χ2v) is 7.16. The Kier molecular flexibility index (Phi) is 9.81. The van der Waals surface area contributed by atoms with Crippen LogP contribution in [-0.4, -0.2) is 49.2 Å². The number of halogens is 1. The number of hydrogen-bond acceptors (Lipinski definition) is 4. The molecule has 1 aromatic carbocycles. The summed E-state index contributed by atoms with van der Waals surface area (Å²) in [5.41, 5.74) is 0.475. The number of rotatable bonds is 11. The summed E-state index contributed by atoms with van der Waals surface area (Å²) in [6, 6.07) is 4.19. The first kappa shape index (κ1) is 22.6. The molecule has 0 atom stereocenters. The van der Waals surface area contributed by atoms with Crippen LogP contribution in [0.15, 0.2) is 12.1 Å². The SMILES string of the molecule is CCCOc1c(Cl)cc(C(=O)NCCN(C(C)C)C(C)C)cc1OCC. The zero-order chi connectivity index (χ0) is 19.7. The molecule has 0 aliphatic heterocycles. The van der Waals surface area contributed by atoms with E-state index < -0.39 is 0 Å². The van der Waals surface area contributed by atoms with Gasteiger partial charge in [0.2, 0.25) is 0 Å². The first-order valence-electron chi connectivity index (χ1n) is 9.44. The molecule has 0 aromatic heterocycles. The van der Waals surface area contributed by atoms with Crippen molar-refractivity contribution in [1.29, 1.82) is 0 Å². The van der Waals surface area contributed by atoms with E-state index in [1.807, 2.05) is 13.8 Å². The van der Waals surface area contributed by atoms with Crippen LogP contribution in [0.3, 0.4) is 0 Å². The first-order valence-corrected chi connectivity index (χ1v) is 9.82. The molecular formula is C20H33ClN2O3. The molecule has 0 saturated heterocycles. The number of nitrogens with zero attached hydrogens (tertiary/aromatic N) is 1. The molecule has 6 heteroatoms. The molecule has 148 valence electrons. The number of carbonyl (C=O) groups is 1. The molecule has 1 rings (SSSR count). The van der Waals surface area contributed by atoms with Crippen LogP contribution in [0.5, 0.6) is 11.5 Å². The lowest BCUT2D eigenvalue weighted by molar-refractivity contribution is 0.0939. The van der Waals surface area contributed by atoms with Gasteiger partial charge in [0, 0.05) is 30.7 Å². The summed E-state index contributed by atoms with van der Waals surface area (Å²) in [4.78, 5) is 14.8. The Morgan fingerprint density at radius 3 is 2.35 bits per heavy atom. The van der Waals surface area contributed by atoms with Crippen molar-refractivity contribution in [3.05, 3.63) is 22.7 Å². The van der Waals surface area contributed by atoms with Gasteiger partial charge in [0.25, 0.3) is 5.91 Å². The third-order valence-corrected chi connectivity index (χ3v) is 4.28. The maximum absolute atomic E-state index is 12.5. The van der Waals surface area contributed by atoms with E-state index in [9.17, 15) is 4.79 Å². The first-order chi connectivity index (χ1) is 12.3. The molecular weight excluding hydrogens is 352 g/mol. The quantitative estimate of drug-likeness (QED) is 0.615. The molecule has 0 aliphatic rings. The van der Waals surface area contributed by atoms with Crippen LogP contribution in [0.4, 0.5) is 0 Å². The van der Waals surface area contributed by atoms with Crippen molar-refractivity contribution in [1.82, 2.24) is 10.2 Å². The van der Waals surface area contributed by atoms with E-state index in [1.54, 1.807) is 12.1 Å². The van der Waals surface area contributed by atoms with E-state index in [2.05, 4.69) is 37.9 Å². The minimum absolute atomic E-state index is 0.164. The highest BCUT2D eigenvalue weighted by Crippen LogP contribution is 2.36. The molecule has 0 bridgehead atoms. The summed E-state index contributed by atoms with van der Waals surface area (Å²) in [5, 5.41) is 3.35. The Morgan fingerprint density at radius 2 is 1.81 bits per heavy atom. The molecule has 1 amide bonds. The van der Waals surface area contributed by atoms with Crippen molar-refractivity contribution in [2.75, 3.05) is 26.3 Å². The number of nitrogens with one attached hydrogen (secondary N) is 1. The van der Waals surface area contributed by atoms with Crippen molar-refractivity contribution in [3.63, 3.8) is 0 Å². The minimum Gasteiger partial charge on any atom is -0.490 e. The van der Waals surface area contributed by atoms with Gasteiger partial charge in [-0.1, -0.05) is 18.5 Å². The van der Waals surface area contributed by atoms with E-state index in [-0.39, 0.29) is 5.91 Å². The fourth-order valence-corrected chi connectivity index (χ4v) is 3.08. The van der Waals surface area contributed by atoms with Crippen LogP contribution in [0.2, 0.25) is 5.02 Å². The zero-order valence-electron chi connectivity index (χ0n) is 16.9.